The van der Waals surface area contributed by atoms with E-state index >= 15 is 0 Å². The number of hydrogen-bond acceptors (Lipinski definition) is 7. The van der Waals surface area contributed by atoms with Gasteiger partial charge in [-0.05, 0) is 58.9 Å². The van der Waals surface area contributed by atoms with E-state index in [0.29, 0.717) is 24.2 Å². The highest BCUT2D eigenvalue weighted by Gasteiger charge is 2.36. The highest BCUT2D eigenvalue weighted by molar-refractivity contribution is 6.08. The molecule has 2 heterocycles. The molecule has 1 saturated heterocycles. The Morgan fingerprint density at radius 3 is 2.46 bits per heavy atom. The number of rotatable bonds is 3. The number of aromatic hydroxyl groups is 1. The molecule has 4 N–H and O–H groups in total. The smallest absolute Gasteiger partial charge is 0.410 e. The van der Waals surface area contributed by atoms with Crippen molar-refractivity contribution in [1.29, 1.82) is 0 Å². The number of phenolic OH excluding ortho intramolecular Hbond substituents is 1. The number of nitrogens with one attached hydrogen (secondary N) is 1. The van der Waals surface area contributed by atoms with Gasteiger partial charge in [0.2, 0.25) is 0 Å². The maximum atomic E-state index is 14.4. The molecule has 198 valence electrons. The minimum absolute atomic E-state index is 0.0403. The van der Waals surface area contributed by atoms with Gasteiger partial charge in [0, 0.05) is 37.4 Å². The van der Waals surface area contributed by atoms with Gasteiger partial charge < -0.3 is 25.8 Å². The molecular formula is C26H33FN6O4. The van der Waals surface area contributed by atoms with Crippen molar-refractivity contribution in [2.75, 3.05) is 29.0 Å². The van der Waals surface area contributed by atoms with Crippen LogP contribution in [0, 0.1) is 5.82 Å². The zero-order chi connectivity index (χ0) is 27.2. The van der Waals surface area contributed by atoms with Crippen LogP contribution < -0.4 is 16.0 Å². The van der Waals surface area contributed by atoms with Crippen LogP contribution in [0.15, 0.2) is 30.5 Å². The molecule has 0 bridgehead atoms. The molecule has 2 atom stereocenters. The lowest BCUT2D eigenvalue weighted by atomic mass is 10.0. The van der Waals surface area contributed by atoms with Crippen LogP contribution in [0.3, 0.4) is 0 Å². The average molecular weight is 513 g/mol. The first-order valence-corrected chi connectivity index (χ1v) is 12.1. The van der Waals surface area contributed by atoms with Crippen molar-refractivity contribution in [2.24, 2.45) is 7.05 Å². The van der Waals surface area contributed by atoms with E-state index in [2.05, 4.69) is 10.4 Å². The highest BCUT2D eigenvalue weighted by atomic mass is 19.1. The number of fused-ring (bicyclic) bond motifs is 1. The van der Waals surface area contributed by atoms with Gasteiger partial charge in [-0.15, -0.1) is 0 Å². The summed E-state index contributed by atoms with van der Waals surface area (Å²) in [5.41, 5.74) is 6.66. The number of anilines is 3. The van der Waals surface area contributed by atoms with Crippen LogP contribution in [-0.4, -0.2) is 62.6 Å². The fourth-order valence-corrected chi connectivity index (χ4v) is 4.73. The second-order valence-corrected chi connectivity index (χ2v) is 10.5. The molecule has 4 rings (SSSR count). The van der Waals surface area contributed by atoms with Gasteiger partial charge in [-0.2, -0.15) is 5.10 Å². The number of piperazine rings is 1. The van der Waals surface area contributed by atoms with E-state index in [0.717, 1.165) is 0 Å². The van der Waals surface area contributed by atoms with Gasteiger partial charge in [0.25, 0.3) is 5.91 Å². The number of aryl methyl sites for hydroxylation is 1. The molecule has 0 saturated carbocycles. The van der Waals surface area contributed by atoms with Crippen LogP contribution in [0.5, 0.6) is 5.75 Å². The summed E-state index contributed by atoms with van der Waals surface area (Å²) in [5, 5.41) is 18.0. The molecule has 1 aromatic heterocycles. The van der Waals surface area contributed by atoms with Gasteiger partial charge in [0.15, 0.2) is 11.6 Å². The van der Waals surface area contributed by atoms with Crippen molar-refractivity contribution in [2.45, 2.75) is 52.3 Å². The van der Waals surface area contributed by atoms with Crippen molar-refractivity contribution in [3.8, 4) is 5.75 Å². The lowest BCUT2D eigenvalue weighted by Gasteiger charge is -2.45. The van der Waals surface area contributed by atoms with E-state index in [1.807, 2.05) is 39.5 Å². The van der Waals surface area contributed by atoms with Crippen molar-refractivity contribution in [3.05, 3.63) is 41.8 Å². The third-order valence-electron chi connectivity index (χ3n) is 6.24. The number of hydrogen-bond donors (Lipinski definition) is 3. The quantitative estimate of drug-likeness (QED) is 0.356. The SMILES string of the molecule is C[C@H]1CN(c2ccc(C(=O)Nc3cc(F)c4nn(C)cc4c3)c(O)c2N)C[C@H](C)N1C(=O)OC(C)(C)C. The third-order valence-corrected chi connectivity index (χ3v) is 6.24. The summed E-state index contributed by atoms with van der Waals surface area (Å²) in [6.45, 7) is 10.2. The molecule has 1 aliphatic rings. The number of halogens is 1. The Bertz CT molecular complexity index is 1350. The Kier molecular flexibility index (Phi) is 6.66. The standard InChI is InChI=1S/C26H33FN6O4/c1-14-11-32(12-15(2)33(14)25(36)37-26(3,4)5)20-8-7-18(23(34)21(20)28)24(35)29-17-9-16-13-31(6)30-22(16)19(27)10-17/h7-10,13-15,34H,11-12,28H2,1-6H3,(H,29,35)/t14-,15-/m0/s1. The fourth-order valence-electron chi connectivity index (χ4n) is 4.73. The molecule has 1 fully saturated rings. The van der Waals surface area contributed by atoms with Gasteiger partial charge in [0.1, 0.15) is 11.1 Å². The van der Waals surface area contributed by atoms with E-state index in [4.69, 9.17) is 10.5 Å². The fraction of sp³-hybridized carbons (Fsp3) is 0.423. The highest BCUT2D eigenvalue weighted by Crippen LogP contribution is 2.37. The summed E-state index contributed by atoms with van der Waals surface area (Å²) >= 11 is 0. The molecule has 10 nitrogen and oxygen atoms in total. The maximum absolute atomic E-state index is 14.4. The normalized spacial score (nSPS) is 18.2. The van der Waals surface area contributed by atoms with E-state index in [1.165, 1.54) is 16.8 Å². The second-order valence-electron chi connectivity index (χ2n) is 10.5. The molecule has 0 aliphatic carbocycles. The van der Waals surface area contributed by atoms with Gasteiger partial charge >= 0.3 is 6.09 Å². The zero-order valence-corrected chi connectivity index (χ0v) is 21.9. The number of benzene rings is 2. The van der Waals surface area contributed by atoms with Crippen molar-refractivity contribution in [3.63, 3.8) is 0 Å². The van der Waals surface area contributed by atoms with E-state index < -0.39 is 17.3 Å². The van der Waals surface area contributed by atoms with Gasteiger partial charge in [0.05, 0.1) is 29.0 Å². The van der Waals surface area contributed by atoms with Crippen LogP contribution in [0.4, 0.5) is 26.2 Å². The Labute approximate surface area is 214 Å². The minimum Gasteiger partial charge on any atom is -0.505 e. The number of amides is 2. The first kappa shape index (κ1) is 26.1. The predicted octanol–water partition coefficient (Wildman–Crippen LogP) is 4.09. The molecule has 3 aromatic rings. The van der Waals surface area contributed by atoms with Crippen LogP contribution >= 0.6 is 0 Å². The lowest BCUT2D eigenvalue weighted by molar-refractivity contribution is 0.00565. The summed E-state index contributed by atoms with van der Waals surface area (Å²) in [5.74, 6) is -1.57. The number of nitrogen functional groups attached to an aromatic ring is 1. The average Bonchev–Trinajstić information content (AvgIpc) is 3.14. The largest absolute Gasteiger partial charge is 0.505 e. The number of nitrogens with zero attached hydrogens (tertiary/aromatic N) is 4. The molecule has 0 unspecified atom stereocenters. The molecule has 2 amide bonds. The summed E-state index contributed by atoms with van der Waals surface area (Å²) in [6.07, 6.45) is 1.26. The van der Waals surface area contributed by atoms with E-state index in [-0.39, 0.29) is 46.4 Å². The summed E-state index contributed by atoms with van der Waals surface area (Å²) in [6, 6.07) is 5.56. The van der Waals surface area contributed by atoms with Crippen LogP contribution in [-0.2, 0) is 11.8 Å². The molecule has 11 heteroatoms. The molecular weight excluding hydrogens is 479 g/mol. The lowest BCUT2D eigenvalue weighted by Crippen LogP contribution is -2.59. The number of ether oxygens (including phenoxy) is 1. The Morgan fingerprint density at radius 1 is 1.19 bits per heavy atom. The van der Waals surface area contributed by atoms with Crippen LogP contribution in [0.25, 0.3) is 10.9 Å². The van der Waals surface area contributed by atoms with Gasteiger partial charge in [-0.25, -0.2) is 9.18 Å². The zero-order valence-electron chi connectivity index (χ0n) is 21.9. The molecule has 37 heavy (non-hydrogen) atoms. The van der Waals surface area contributed by atoms with E-state index in [1.54, 1.807) is 30.3 Å². The van der Waals surface area contributed by atoms with Crippen molar-refractivity contribution in [1.82, 2.24) is 14.7 Å². The first-order chi connectivity index (χ1) is 17.2. The van der Waals surface area contributed by atoms with Crippen LogP contribution in [0.1, 0.15) is 45.0 Å². The number of phenols is 1. The van der Waals surface area contributed by atoms with Crippen LogP contribution in [0.2, 0.25) is 0 Å². The monoisotopic (exact) mass is 512 g/mol. The molecule has 1 aliphatic heterocycles. The topological polar surface area (TPSA) is 126 Å². The van der Waals surface area contributed by atoms with Gasteiger partial charge in [-0.1, -0.05) is 0 Å². The Balaban J connectivity index is 1.52. The molecule has 0 radical (unpaired) electrons. The van der Waals surface area contributed by atoms with Gasteiger partial charge in [-0.3, -0.25) is 14.4 Å². The first-order valence-electron chi connectivity index (χ1n) is 12.1. The summed E-state index contributed by atoms with van der Waals surface area (Å²) in [4.78, 5) is 29.3. The Hall–Kier alpha value is -4.02. The number of carbonyl (C=O) groups excluding carboxylic acids is 2. The second kappa shape index (κ2) is 9.45. The summed E-state index contributed by atoms with van der Waals surface area (Å²) in [7, 11) is 1.68. The number of carbonyl (C=O) groups is 2. The minimum atomic E-state index is -0.630. The number of aromatic nitrogens is 2. The van der Waals surface area contributed by atoms with E-state index in [9.17, 15) is 19.1 Å². The molecule has 0 spiro atoms. The van der Waals surface area contributed by atoms with Crippen molar-refractivity contribution < 1.29 is 23.8 Å². The summed E-state index contributed by atoms with van der Waals surface area (Å²) < 4.78 is 21.4. The number of nitrogens with two attached hydrogens (primary N) is 1. The maximum Gasteiger partial charge on any atom is 0.410 e. The van der Waals surface area contributed by atoms with Crippen molar-refractivity contribution >= 4 is 40.0 Å². The Morgan fingerprint density at radius 2 is 1.84 bits per heavy atom. The predicted molar refractivity (Wildman–Crippen MR) is 140 cm³/mol. The third kappa shape index (κ3) is 5.25. The molecule has 2 aromatic carbocycles.